The molecule has 2 aliphatic rings. The van der Waals surface area contributed by atoms with Crippen LogP contribution in [0.15, 0.2) is 43.0 Å². The number of allylic oxidation sites excluding steroid dienone is 1. The smallest absolute Gasteiger partial charge is 0.131 e. The SMILES string of the molecule is C=CCCc1cc(F)c2cc([C@@H]3CC[C@@H]4CC(CCCCCCC)CCC4C3)ccc2c1. The average molecular weight is 435 g/mol. The average Bonchev–Trinajstić information content (AvgIpc) is 2.82. The molecule has 0 saturated heterocycles. The van der Waals surface area contributed by atoms with Crippen molar-refractivity contribution >= 4 is 10.8 Å². The van der Waals surface area contributed by atoms with Crippen molar-refractivity contribution in [3.8, 4) is 0 Å². The van der Waals surface area contributed by atoms with Gasteiger partial charge in [-0.1, -0.05) is 76.1 Å². The van der Waals surface area contributed by atoms with E-state index in [-0.39, 0.29) is 5.82 Å². The van der Waals surface area contributed by atoms with E-state index in [1.807, 2.05) is 6.08 Å². The second-order valence-corrected chi connectivity index (χ2v) is 10.8. The molecule has 2 fully saturated rings. The lowest BCUT2D eigenvalue weighted by Crippen LogP contribution is -2.30. The standard InChI is InChI=1S/C31H43F/c1-3-5-7-8-9-11-23-12-13-26-21-27(15-14-25(26)18-23)28-16-17-29-19-24(10-6-4-2)20-31(32)30(29)22-28/h4,16-17,19-20,22-23,25-27H,2-3,5-15,18,21H2,1H3/t23?,25-,26?,27-/m1/s1. The zero-order chi connectivity index (χ0) is 22.3. The van der Waals surface area contributed by atoms with E-state index in [1.54, 1.807) is 6.07 Å². The van der Waals surface area contributed by atoms with Gasteiger partial charge in [0.2, 0.25) is 0 Å². The van der Waals surface area contributed by atoms with Gasteiger partial charge in [0.15, 0.2) is 0 Å². The third-order valence-electron chi connectivity index (χ3n) is 8.53. The highest BCUT2D eigenvalue weighted by Crippen LogP contribution is 2.48. The molecule has 1 heteroatoms. The van der Waals surface area contributed by atoms with E-state index in [9.17, 15) is 4.39 Å². The second-order valence-electron chi connectivity index (χ2n) is 10.8. The maximum absolute atomic E-state index is 14.9. The van der Waals surface area contributed by atoms with E-state index in [0.717, 1.165) is 46.9 Å². The van der Waals surface area contributed by atoms with E-state index in [4.69, 9.17) is 0 Å². The first kappa shape index (κ1) is 23.5. The Kier molecular flexibility index (Phi) is 8.44. The largest absolute Gasteiger partial charge is 0.206 e. The monoisotopic (exact) mass is 434 g/mol. The van der Waals surface area contributed by atoms with E-state index in [0.29, 0.717) is 5.92 Å². The first-order chi connectivity index (χ1) is 15.7. The van der Waals surface area contributed by atoms with Gasteiger partial charge in [0.05, 0.1) is 0 Å². The lowest BCUT2D eigenvalue weighted by atomic mass is 9.63. The third kappa shape index (κ3) is 5.83. The van der Waals surface area contributed by atoms with Gasteiger partial charge >= 0.3 is 0 Å². The summed E-state index contributed by atoms with van der Waals surface area (Å²) < 4.78 is 14.9. The molecular weight excluding hydrogens is 391 g/mol. The Bertz CT molecular complexity index is 881. The van der Waals surface area contributed by atoms with Crippen LogP contribution in [0, 0.1) is 23.6 Å². The Hall–Kier alpha value is -1.63. The lowest BCUT2D eigenvalue weighted by Gasteiger charge is -2.42. The van der Waals surface area contributed by atoms with Crippen LogP contribution in [0.2, 0.25) is 0 Å². The minimum Gasteiger partial charge on any atom is -0.206 e. The van der Waals surface area contributed by atoms with Crippen LogP contribution in [0.3, 0.4) is 0 Å². The number of hydrogen-bond acceptors (Lipinski definition) is 0. The summed E-state index contributed by atoms with van der Waals surface area (Å²) in [5.74, 6) is 3.39. The lowest BCUT2D eigenvalue weighted by molar-refractivity contribution is 0.113. The number of unbranched alkanes of at least 4 members (excludes halogenated alkanes) is 4. The summed E-state index contributed by atoms with van der Waals surface area (Å²) in [4.78, 5) is 0. The molecule has 2 aromatic carbocycles. The normalized spacial score (nSPS) is 25.6. The van der Waals surface area contributed by atoms with Gasteiger partial charge in [0, 0.05) is 5.39 Å². The van der Waals surface area contributed by atoms with Crippen molar-refractivity contribution in [1.29, 1.82) is 0 Å². The van der Waals surface area contributed by atoms with E-state index >= 15 is 0 Å². The minimum atomic E-state index is -0.0588. The molecule has 2 saturated carbocycles. The summed E-state index contributed by atoms with van der Waals surface area (Å²) >= 11 is 0. The molecular formula is C31H43F. The molecule has 0 nitrogen and oxygen atoms in total. The molecule has 174 valence electrons. The van der Waals surface area contributed by atoms with Gasteiger partial charge in [-0.25, -0.2) is 4.39 Å². The predicted octanol–water partition coefficient (Wildman–Crippen LogP) is 9.76. The second kappa shape index (κ2) is 11.5. The highest BCUT2D eigenvalue weighted by atomic mass is 19.1. The Labute approximate surface area is 195 Å². The highest BCUT2D eigenvalue weighted by Gasteiger charge is 2.35. The fraction of sp³-hybridized carbons (Fsp3) is 0.613. The zero-order valence-corrected chi connectivity index (χ0v) is 20.3. The molecule has 0 aromatic heterocycles. The molecule has 32 heavy (non-hydrogen) atoms. The predicted molar refractivity (Wildman–Crippen MR) is 137 cm³/mol. The van der Waals surface area contributed by atoms with Gasteiger partial charge in [-0.2, -0.15) is 0 Å². The van der Waals surface area contributed by atoms with Crippen LogP contribution in [0.4, 0.5) is 4.39 Å². The van der Waals surface area contributed by atoms with Gasteiger partial charge in [0.1, 0.15) is 5.82 Å². The van der Waals surface area contributed by atoms with Crippen LogP contribution < -0.4 is 0 Å². The molecule has 2 unspecified atom stereocenters. The Morgan fingerprint density at radius 2 is 1.75 bits per heavy atom. The molecule has 0 heterocycles. The van der Waals surface area contributed by atoms with Crippen LogP contribution in [-0.4, -0.2) is 0 Å². The molecule has 2 aliphatic carbocycles. The van der Waals surface area contributed by atoms with Gasteiger partial charge in [-0.05, 0) is 97.3 Å². The van der Waals surface area contributed by atoms with Crippen LogP contribution in [0.1, 0.15) is 107 Å². The Balaban J connectivity index is 1.34. The summed E-state index contributed by atoms with van der Waals surface area (Å²) in [5.41, 5.74) is 2.44. The van der Waals surface area contributed by atoms with Crippen molar-refractivity contribution in [1.82, 2.24) is 0 Å². The summed E-state index contributed by atoms with van der Waals surface area (Å²) in [6, 6.07) is 10.5. The minimum absolute atomic E-state index is 0.0588. The number of rotatable bonds is 10. The van der Waals surface area contributed by atoms with Gasteiger partial charge < -0.3 is 0 Å². The van der Waals surface area contributed by atoms with Crippen molar-refractivity contribution < 1.29 is 4.39 Å². The summed E-state index contributed by atoms with van der Waals surface area (Å²) in [7, 11) is 0. The number of benzene rings is 2. The van der Waals surface area contributed by atoms with Crippen molar-refractivity contribution in [2.45, 2.75) is 103 Å². The zero-order valence-electron chi connectivity index (χ0n) is 20.3. The molecule has 4 rings (SSSR count). The molecule has 0 bridgehead atoms. The number of aryl methyl sites for hydroxylation is 1. The van der Waals surface area contributed by atoms with Gasteiger partial charge in [0.25, 0.3) is 0 Å². The van der Waals surface area contributed by atoms with Gasteiger partial charge in [-0.3, -0.25) is 0 Å². The van der Waals surface area contributed by atoms with E-state index in [1.165, 1.54) is 82.6 Å². The van der Waals surface area contributed by atoms with Gasteiger partial charge in [-0.15, -0.1) is 6.58 Å². The highest BCUT2D eigenvalue weighted by molar-refractivity contribution is 5.84. The fourth-order valence-corrected chi connectivity index (χ4v) is 6.64. The van der Waals surface area contributed by atoms with Crippen LogP contribution in [0.5, 0.6) is 0 Å². The molecule has 2 aromatic rings. The summed E-state index contributed by atoms with van der Waals surface area (Å²) in [6.07, 6.45) is 20.5. The third-order valence-corrected chi connectivity index (χ3v) is 8.53. The maximum Gasteiger partial charge on any atom is 0.131 e. The summed E-state index contributed by atoms with van der Waals surface area (Å²) in [6.45, 7) is 6.08. The molecule has 0 N–H and O–H groups in total. The number of hydrogen-bond donors (Lipinski definition) is 0. The molecule has 0 spiro atoms. The molecule has 0 amide bonds. The maximum atomic E-state index is 14.9. The van der Waals surface area contributed by atoms with Crippen LogP contribution in [-0.2, 0) is 6.42 Å². The van der Waals surface area contributed by atoms with Crippen molar-refractivity contribution in [3.63, 3.8) is 0 Å². The topological polar surface area (TPSA) is 0 Å². The van der Waals surface area contributed by atoms with Crippen LogP contribution >= 0.6 is 0 Å². The summed E-state index contributed by atoms with van der Waals surface area (Å²) in [5, 5.41) is 1.85. The number of fused-ring (bicyclic) bond motifs is 2. The van der Waals surface area contributed by atoms with E-state index in [2.05, 4.69) is 37.8 Å². The van der Waals surface area contributed by atoms with Crippen LogP contribution in [0.25, 0.3) is 10.8 Å². The molecule has 4 atom stereocenters. The van der Waals surface area contributed by atoms with Crippen molar-refractivity contribution in [2.24, 2.45) is 17.8 Å². The van der Waals surface area contributed by atoms with Crippen molar-refractivity contribution in [2.75, 3.05) is 0 Å². The van der Waals surface area contributed by atoms with Crippen molar-refractivity contribution in [3.05, 3.63) is 59.9 Å². The quantitative estimate of drug-likeness (QED) is 0.258. The fourth-order valence-electron chi connectivity index (χ4n) is 6.64. The number of halogens is 1. The van der Waals surface area contributed by atoms with E-state index < -0.39 is 0 Å². The first-order valence-corrected chi connectivity index (χ1v) is 13.5. The Morgan fingerprint density at radius 1 is 0.938 bits per heavy atom. The molecule has 0 aliphatic heterocycles. The Morgan fingerprint density at radius 3 is 2.59 bits per heavy atom. The first-order valence-electron chi connectivity index (χ1n) is 13.5. The molecule has 0 radical (unpaired) electrons.